The largest absolute Gasteiger partial charge is 0.355 e. The number of aromatic nitrogens is 3. The maximum absolute atomic E-state index is 12.2. The van der Waals surface area contributed by atoms with Crippen molar-refractivity contribution in [1.82, 2.24) is 19.9 Å². The number of carbonyl (C=O) groups is 1. The zero-order chi connectivity index (χ0) is 15.5. The number of hydrogen-bond acceptors (Lipinski definition) is 4. The Morgan fingerprint density at radius 3 is 2.86 bits per heavy atom. The minimum absolute atomic E-state index is 0.0196. The lowest BCUT2D eigenvalue weighted by molar-refractivity contribution is -0.121. The normalized spacial score (nSPS) is 11.6. The van der Waals surface area contributed by atoms with Gasteiger partial charge in [-0.1, -0.05) is 20.8 Å². The molecule has 0 aliphatic carbocycles. The Morgan fingerprint density at radius 1 is 1.38 bits per heavy atom. The summed E-state index contributed by atoms with van der Waals surface area (Å²) in [4.78, 5) is 32.1. The van der Waals surface area contributed by atoms with E-state index in [9.17, 15) is 9.59 Å². The summed E-state index contributed by atoms with van der Waals surface area (Å²) in [6.45, 7) is 6.93. The molecule has 2 aromatic heterocycles. The molecule has 2 aromatic rings. The molecule has 0 saturated carbocycles. The van der Waals surface area contributed by atoms with E-state index in [-0.39, 0.29) is 23.4 Å². The predicted molar refractivity (Wildman–Crippen MR) is 80.9 cm³/mol. The Labute approximate surface area is 123 Å². The van der Waals surface area contributed by atoms with Gasteiger partial charge < -0.3 is 5.32 Å². The second-order valence-electron chi connectivity index (χ2n) is 6.23. The maximum Gasteiger partial charge on any atom is 0.261 e. The summed E-state index contributed by atoms with van der Waals surface area (Å²) < 4.78 is 1.31. The van der Waals surface area contributed by atoms with E-state index in [2.05, 4.69) is 36.1 Å². The minimum Gasteiger partial charge on any atom is -0.355 e. The average Bonchev–Trinajstić information content (AvgIpc) is 2.41. The topological polar surface area (TPSA) is 76.9 Å². The molecule has 6 nitrogen and oxygen atoms in total. The summed E-state index contributed by atoms with van der Waals surface area (Å²) >= 11 is 0. The van der Waals surface area contributed by atoms with Crippen LogP contribution >= 0.6 is 0 Å². The fourth-order valence-electron chi connectivity index (χ4n) is 1.91. The first-order valence-corrected chi connectivity index (χ1v) is 6.93. The van der Waals surface area contributed by atoms with E-state index in [1.807, 2.05) is 0 Å². The van der Waals surface area contributed by atoms with Crippen molar-refractivity contribution in [3.05, 3.63) is 35.1 Å². The molecule has 0 bridgehead atoms. The van der Waals surface area contributed by atoms with Gasteiger partial charge in [-0.25, -0.2) is 4.98 Å². The predicted octanol–water partition coefficient (Wildman–Crippen LogP) is 1.34. The maximum atomic E-state index is 12.2. The molecule has 112 valence electrons. The molecule has 0 spiro atoms. The van der Waals surface area contributed by atoms with Gasteiger partial charge in [-0.2, -0.15) is 0 Å². The van der Waals surface area contributed by atoms with Crippen molar-refractivity contribution in [1.29, 1.82) is 0 Å². The van der Waals surface area contributed by atoms with Crippen LogP contribution in [-0.4, -0.2) is 27.0 Å². The van der Waals surface area contributed by atoms with Crippen molar-refractivity contribution < 1.29 is 4.79 Å². The van der Waals surface area contributed by atoms with Crippen molar-refractivity contribution in [3.63, 3.8) is 0 Å². The molecule has 1 N–H and O–H groups in total. The van der Waals surface area contributed by atoms with E-state index >= 15 is 0 Å². The van der Waals surface area contributed by atoms with E-state index in [0.29, 0.717) is 17.4 Å². The van der Waals surface area contributed by atoms with Crippen LogP contribution in [0.5, 0.6) is 0 Å². The fraction of sp³-hybridized carbons (Fsp3) is 0.467. The van der Waals surface area contributed by atoms with Crippen LogP contribution in [0.1, 0.15) is 27.2 Å². The van der Waals surface area contributed by atoms with E-state index in [0.717, 1.165) is 6.42 Å². The van der Waals surface area contributed by atoms with E-state index in [1.54, 1.807) is 12.3 Å². The van der Waals surface area contributed by atoms with Crippen LogP contribution < -0.4 is 10.9 Å². The van der Waals surface area contributed by atoms with Crippen molar-refractivity contribution in [2.75, 3.05) is 6.54 Å². The molecule has 0 fully saturated rings. The van der Waals surface area contributed by atoms with Crippen molar-refractivity contribution in [2.45, 2.75) is 33.7 Å². The molecular weight excluding hydrogens is 268 g/mol. The van der Waals surface area contributed by atoms with Gasteiger partial charge in [0.15, 0.2) is 0 Å². The third-order valence-electron chi connectivity index (χ3n) is 3.14. The summed E-state index contributed by atoms with van der Waals surface area (Å²) in [5.74, 6) is -0.184. The SMILES string of the molecule is CC(C)(C)CCNC(=O)Cn1cnc2cnccc2c1=O. The molecule has 0 aromatic carbocycles. The smallest absolute Gasteiger partial charge is 0.261 e. The van der Waals surface area contributed by atoms with E-state index in [1.165, 1.54) is 17.1 Å². The average molecular weight is 288 g/mol. The van der Waals surface area contributed by atoms with Gasteiger partial charge in [-0.3, -0.25) is 19.1 Å². The number of rotatable bonds is 4. The van der Waals surface area contributed by atoms with Gasteiger partial charge in [-0.15, -0.1) is 0 Å². The number of amides is 1. The molecule has 2 rings (SSSR count). The summed E-state index contributed by atoms with van der Waals surface area (Å²) in [6, 6.07) is 1.61. The van der Waals surface area contributed by atoms with Crippen molar-refractivity contribution >= 4 is 16.8 Å². The lowest BCUT2D eigenvalue weighted by Crippen LogP contribution is -2.34. The highest BCUT2D eigenvalue weighted by atomic mass is 16.2. The molecule has 0 unspecified atom stereocenters. The van der Waals surface area contributed by atoms with E-state index < -0.39 is 0 Å². The Balaban J connectivity index is 2.05. The van der Waals surface area contributed by atoms with Crippen LogP contribution in [0.15, 0.2) is 29.6 Å². The summed E-state index contributed by atoms with van der Waals surface area (Å²) in [5.41, 5.74) is 0.474. The Hall–Kier alpha value is -2.24. The van der Waals surface area contributed by atoms with Gasteiger partial charge in [0.05, 0.1) is 23.4 Å². The van der Waals surface area contributed by atoms with Crippen LogP contribution in [0.25, 0.3) is 10.9 Å². The second-order valence-corrected chi connectivity index (χ2v) is 6.23. The molecule has 0 saturated heterocycles. The van der Waals surface area contributed by atoms with Gasteiger partial charge in [0.25, 0.3) is 5.56 Å². The zero-order valence-electron chi connectivity index (χ0n) is 12.6. The highest BCUT2D eigenvalue weighted by Crippen LogP contribution is 2.16. The molecular formula is C15H20N4O2. The molecule has 6 heteroatoms. The first-order chi connectivity index (χ1) is 9.87. The number of fused-ring (bicyclic) bond motifs is 1. The van der Waals surface area contributed by atoms with E-state index in [4.69, 9.17) is 0 Å². The van der Waals surface area contributed by atoms with Crippen LogP contribution in [-0.2, 0) is 11.3 Å². The Bertz CT molecular complexity index is 701. The lowest BCUT2D eigenvalue weighted by Gasteiger charge is -2.18. The first kappa shape index (κ1) is 15.2. The lowest BCUT2D eigenvalue weighted by atomic mass is 9.92. The van der Waals surface area contributed by atoms with Crippen LogP contribution in [0.2, 0.25) is 0 Å². The first-order valence-electron chi connectivity index (χ1n) is 6.93. The minimum atomic E-state index is -0.228. The molecule has 2 heterocycles. The van der Waals surface area contributed by atoms with Crippen LogP contribution in [0.3, 0.4) is 0 Å². The van der Waals surface area contributed by atoms with Gasteiger partial charge in [0.2, 0.25) is 5.91 Å². The summed E-state index contributed by atoms with van der Waals surface area (Å²) in [5, 5.41) is 3.29. The molecule has 0 atom stereocenters. The number of nitrogens with one attached hydrogen (secondary N) is 1. The Morgan fingerprint density at radius 2 is 2.14 bits per heavy atom. The van der Waals surface area contributed by atoms with Crippen LogP contribution in [0.4, 0.5) is 0 Å². The molecule has 21 heavy (non-hydrogen) atoms. The highest BCUT2D eigenvalue weighted by molar-refractivity contribution is 5.78. The van der Waals surface area contributed by atoms with Crippen molar-refractivity contribution in [2.24, 2.45) is 5.41 Å². The zero-order valence-corrected chi connectivity index (χ0v) is 12.6. The molecule has 1 amide bonds. The summed E-state index contributed by atoms with van der Waals surface area (Å²) in [6.07, 6.45) is 5.34. The van der Waals surface area contributed by atoms with Gasteiger partial charge in [0, 0.05) is 12.7 Å². The number of hydrogen-bond donors (Lipinski definition) is 1. The monoisotopic (exact) mass is 288 g/mol. The molecule has 0 radical (unpaired) electrons. The number of carbonyl (C=O) groups excluding carboxylic acids is 1. The van der Waals surface area contributed by atoms with Crippen molar-refractivity contribution in [3.8, 4) is 0 Å². The fourth-order valence-corrected chi connectivity index (χ4v) is 1.91. The third kappa shape index (κ3) is 4.11. The standard InChI is InChI=1S/C15H20N4O2/c1-15(2,3)5-7-17-13(20)9-19-10-18-12-8-16-6-4-11(12)14(19)21/h4,6,8,10H,5,7,9H2,1-3H3,(H,17,20). The third-order valence-corrected chi connectivity index (χ3v) is 3.14. The van der Waals surface area contributed by atoms with Gasteiger partial charge in [0.1, 0.15) is 6.54 Å². The van der Waals surface area contributed by atoms with Gasteiger partial charge >= 0.3 is 0 Å². The second kappa shape index (κ2) is 6.03. The summed E-state index contributed by atoms with van der Waals surface area (Å²) in [7, 11) is 0. The highest BCUT2D eigenvalue weighted by Gasteiger charge is 2.11. The van der Waals surface area contributed by atoms with Gasteiger partial charge in [-0.05, 0) is 17.9 Å². The number of pyridine rings is 1. The quantitative estimate of drug-likeness (QED) is 0.921. The molecule has 0 aliphatic rings. The Kier molecular flexibility index (Phi) is 4.35. The number of nitrogens with zero attached hydrogens (tertiary/aromatic N) is 3. The van der Waals surface area contributed by atoms with Crippen LogP contribution in [0, 0.1) is 5.41 Å². The molecule has 0 aliphatic heterocycles.